The molecule has 0 fully saturated rings. The second-order valence-corrected chi connectivity index (χ2v) is 8.63. The van der Waals surface area contributed by atoms with Gasteiger partial charge in [0.1, 0.15) is 5.82 Å². The van der Waals surface area contributed by atoms with Gasteiger partial charge in [-0.3, -0.25) is 4.79 Å². The molecule has 0 radical (unpaired) electrons. The Bertz CT molecular complexity index is 717. The summed E-state index contributed by atoms with van der Waals surface area (Å²) in [6, 6.07) is 8.01. The van der Waals surface area contributed by atoms with Crippen molar-refractivity contribution >= 4 is 16.9 Å². The third-order valence-corrected chi connectivity index (χ3v) is 5.79. The molecule has 1 aromatic carbocycles. The third-order valence-electron chi connectivity index (χ3n) is 5.79. The number of hydrogen-bond donors (Lipinski definition) is 2. The van der Waals surface area contributed by atoms with E-state index in [0.717, 1.165) is 36.1 Å². The Labute approximate surface area is 189 Å². The molecule has 1 aromatic heterocycles. The zero-order chi connectivity index (χ0) is 22.0. The highest BCUT2D eigenvalue weighted by molar-refractivity contribution is 5.76. The van der Waals surface area contributed by atoms with Gasteiger partial charge in [0.2, 0.25) is 5.91 Å². The molecule has 2 N–H and O–H groups in total. The van der Waals surface area contributed by atoms with Crippen molar-refractivity contribution in [1.82, 2.24) is 15.3 Å². The number of rotatable bonds is 18. The van der Waals surface area contributed by atoms with Crippen molar-refractivity contribution in [3.05, 3.63) is 42.2 Å². The van der Waals surface area contributed by atoms with E-state index in [0.29, 0.717) is 13.0 Å². The molecule has 172 valence electrons. The summed E-state index contributed by atoms with van der Waals surface area (Å²) in [5.41, 5.74) is 2.04. The van der Waals surface area contributed by atoms with Gasteiger partial charge in [0.25, 0.3) is 0 Å². The van der Waals surface area contributed by atoms with Gasteiger partial charge in [-0.1, -0.05) is 82.6 Å². The van der Waals surface area contributed by atoms with Gasteiger partial charge in [-0.2, -0.15) is 0 Å². The van der Waals surface area contributed by atoms with Crippen LogP contribution in [0.4, 0.5) is 0 Å². The van der Waals surface area contributed by atoms with E-state index in [1.807, 2.05) is 24.3 Å². The van der Waals surface area contributed by atoms with Gasteiger partial charge in [0.15, 0.2) is 0 Å². The number of amides is 1. The van der Waals surface area contributed by atoms with Crippen molar-refractivity contribution in [3.63, 3.8) is 0 Å². The first-order valence-electron chi connectivity index (χ1n) is 12.6. The van der Waals surface area contributed by atoms with Crippen LogP contribution in [-0.4, -0.2) is 22.4 Å². The first kappa shape index (κ1) is 25.2. The first-order valence-corrected chi connectivity index (χ1v) is 12.6. The number of para-hydroxylation sites is 2. The Balaban J connectivity index is 1.36. The summed E-state index contributed by atoms with van der Waals surface area (Å²) in [7, 11) is 0. The predicted molar refractivity (Wildman–Crippen MR) is 132 cm³/mol. The smallest absolute Gasteiger partial charge is 0.220 e. The quantitative estimate of drug-likeness (QED) is 0.195. The van der Waals surface area contributed by atoms with E-state index < -0.39 is 0 Å². The van der Waals surface area contributed by atoms with Crippen molar-refractivity contribution in [2.24, 2.45) is 0 Å². The van der Waals surface area contributed by atoms with E-state index in [1.165, 1.54) is 70.6 Å². The largest absolute Gasteiger partial charge is 0.356 e. The number of nitrogens with zero attached hydrogens (tertiary/aromatic N) is 1. The number of aromatic amines is 1. The molecule has 0 aliphatic heterocycles. The molecule has 0 unspecified atom stereocenters. The number of unbranched alkanes of at least 4 members (excludes halogenated alkanes) is 11. The number of carbonyl (C=O) groups is 1. The van der Waals surface area contributed by atoms with Crippen LogP contribution in [0.3, 0.4) is 0 Å². The predicted octanol–water partition coefficient (Wildman–Crippen LogP) is 7.26. The van der Waals surface area contributed by atoms with E-state index in [-0.39, 0.29) is 5.91 Å². The fraction of sp³-hybridized carbons (Fsp3) is 0.630. The van der Waals surface area contributed by atoms with Gasteiger partial charge < -0.3 is 10.3 Å². The first-order chi connectivity index (χ1) is 15.3. The number of aromatic nitrogens is 2. The van der Waals surface area contributed by atoms with Crippen molar-refractivity contribution in [2.45, 2.75) is 103 Å². The standard InChI is InChI=1S/C27H43N3O/c1-2-3-4-5-6-7-8-9-10-11-12-13-14-15-16-21-27(31)28-23-22-26-29-24-19-17-18-20-25(24)30-26/h9-10,17-20H,2-8,11-16,21-23H2,1H3,(H,28,31)(H,29,30)/b10-9-. The van der Waals surface area contributed by atoms with Gasteiger partial charge in [0.05, 0.1) is 11.0 Å². The minimum Gasteiger partial charge on any atom is -0.356 e. The lowest BCUT2D eigenvalue weighted by Crippen LogP contribution is -2.25. The summed E-state index contributed by atoms with van der Waals surface area (Å²) < 4.78 is 0. The van der Waals surface area contributed by atoms with Crippen LogP contribution in [-0.2, 0) is 11.2 Å². The van der Waals surface area contributed by atoms with Gasteiger partial charge in [-0.25, -0.2) is 4.98 Å². The molecule has 4 heteroatoms. The number of benzene rings is 1. The molecule has 4 nitrogen and oxygen atoms in total. The number of nitrogens with one attached hydrogen (secondary N) is 2. The molecule has 0 spiro atoms. The Morgan fingerprint density at radius 3 is 2.26 bits per heavy atom. The average Bonchev–Trinajstić information content (AvgIpc) is 3.19. The fourth-order valence-electron chi connectivity index (χ4n) is 3.89. The van der Waals surface area contributed by atoms with Crippen molar-refractivity contribution < 1.29 is 4.79 Å². The Morgan fingerprint density at radius 2 is 1.55 bits per heavy atom. The molecule has 1 amide bonds. The van der Waals surface area contributed by atoms with E-state index in [9.17, 15) is 4.79 Å². The fourth-order valence-corrected chi connectivity index (χ4v) is 3.89. The van der Waals surface area contributed by atoms with E-state index >= 15 is 0 Å². The Hall–Kier alpha value is -2.10. The summed E-state index contributed by atoms with van der Waals surface area (Å²) in [6.45, 7) is 2.91. The topological polar surface area (TPSA) is 57.8 Å². The van der Waals surface area contributed by atoms with E-state index in [1.54, 1.807) is 0 Å². The number of hydrogen-bond acceptors (Lipinski definition) is 2. The lowest BCUT2D eigenvalue weighted by Gasteiger charge is -2.04. The van der Waals surface area contributed by atoms with Crippen LogP contribution >= 0.6 is 0 Å². The monoisotopic (exact) mass is 425 g/mol. The number of carbonyl (C=O) groups excluding carboxylic acids is 1. The molecule has 0 saturated heterocycles. The Kier molecular flexibility index (Phi) is 13.5. The number of H-pyrrole nitrogens is 1. The zero-order valence-electron chi connectivity index (χ0n) is 19.6. The number of allylic oxidation sites excluding steroid dienone is 2. The molecule has 2 aromatic rings. The minimum atomic E-state index is 0.161. The third kappa shape index (κ3) is 11.8. The number of imidazole rings is 1. The molecule has 0 atom stereocenters. The van der Waals surface area contributed by atoms with Crippen LogP contribution < -0.4 is 5.32 Å². The minimum absolute atomic E-state index is 0.161. The van der Waals surface area contributed by atoms with Crippen LogP contribution in [0, 0.1) is 0 Å². The van der Waals surface area contributed by atoms with Crippen molar-refractivity contribution in [2.75, 3.05) is 6.54 Å². The average molecular weight is 426 g/mol. The normalized spacial score (nSPS) is 11.5. The Morgan fingerprint density at radius 1 is 0.903 bits per heavy atom. The van der Waals surface area contributed by atoms with Crippen LogP contribution in [0.15, 0.2) is 36.4 Å². The maximum atomic E-state index is 12.0. The summed E-state index contributed by atoms with van der Waals surface area (Å²) >= 11 is 0. The summed E-state index contributed by atoms with van der Waals surface area (Å²) in [6.07, 6.45) is 22.8. The zero-order valence-corrected chi connectivity index (χ0v) is 19.6. The molecular formula is C27H43N3O. The highest BCUT2D eigenvalue weighted by Crippen LogP contribution is 2.11. The second kappa shape index (κ2) is 16.6. The summed E-state index contributed by atoms with van der Waals surface area (Å²) in [5, 5.41) is 3.02. The maximum Gasteiger partial charge on any atom is 0.220 e. The molecule has 0 aliphatic rings. The lowest BCUT2D eigenvalue weighted by molar-refractivity contribution is -0.121. The van der Waals surface area contributed by atoms with Crippen LogP contribution in [0.25, 0.3) is 11.0 Å². The van der Waals surface area contributed by atoms with Crippen molar-refractivity contribution in [3.8, 4) is 0 Å². The van der Waals surface area contributed by atoms with E-state index in [2.05, 4.69) is 34.4 Å². The van der Waals surface area contributed by atoms with Gasteiger partial charge in [0, 0.05) is 19.4 Å². The molecule has 2 rings (SSSR count). The maximum absolute atomic E-state index is 12.0. The molecule has 0 saturated carbocycles. The molecule has 0 bridgehead atoms. The number of fused-ring (bicyclic) bond motifs is 1. The van der Waals surface area contributed by atoms with Crippen molar-refractivity contribution in [1.29, 1.82) is 0 Å². The van der Waals surface area contributed by atoms with E-state index in [4.69, 9.17) is 0 Å². The SMILES string of the molecule is CCCCCCCC/C=C\CCCCCCCC(=O)NCCc1nc2ccccc2[nH]1. The van der Waals surface area contributed by atoms with Gasteiger partial charge in [-0.05, 0) is 44.2 Å². The van der Waals surface area contributed by atoms with Crippen LogP contribution in [0.2, 0.25) is 0 Å². The summed E-state index contributed by atoms with van der Waals surface area (Å²) in [4.78, 5) is 19.8. The van der Waals surface area contributed by atoms with Crippen LogP contribution in [0.1, 0.15) is 103 Å². The van der Waals surface area contributed by atoms with Gasteiger partial charge in [-0.15, -0.1) is 0 Å². The molecule has 31 heavy (non-hydrogen) atoms. The lowest BCUT2D eigenvalue weighted by atomic mass is 10.1. The molecular weight excluding hydrogens is 382 g/mol. The summed E-state index contributed by atoms with van der Waals surface area (Å²) in [5.74, 6) is 1.09. The van der Waals surface area contributed by atoms with Crippen LogP contribution in [0.5, 0.6) is 0 Å². The second-order valence-electron chi connectivity index (χ2n) is 8.63. The highest BCUT2D eigenvalue weighted by atomic mass is 16.1. The highest BCUT2D eigenvalue weighted by Gasteiger charge is 2.04. The van der Waals surface area contributed by atoms with Gasteiger partial charge >= 0.3 is 0 Å². The molecule has 1 heterocycles. The molecule has 0 aliphatic carbocycles.